The number of ether oxygens (including phenoxy) is 1. The summed E-state index contributed by atoms with van der Waals surface area (Å²) in [4.78, 5) is 13.8. The van der Waals surface area contributed by atoms with Gasteiger partial charge >= 0.3 is 6.01 Å². The smallest absolute Gasteiger partial charge is 0.319 e. The first-order valence-corrected chi connectivity index (χ1v) is 15.7. The lowest BCUT2D eigenvalue weighted by atomic mass is 9.95. The van der Waals surface area contributed by atoms with Crippen LogP contribution in [0.1, 0.15) is 32.1 Å². The van der Waals surface area contributed by atoms with E-state index in [0.717, 1.165) is 45.3 Å². The summed E-state index contributed by atoms with van der Waals surface area (Å²) in [7, 11) is 0. The molecule has 4 atom stereocenters. The molecule has 0 aliphatic carbocycles. The van der Waals surface area contributed by atoms with Crippen LogP contribution in [0.25, 0.3) is 32.8 Å². The number of aromatic hydroxyl groups is 1. The molecule has 4 aromatic rings. The molecule has 8 rings (SSSR count). The standard InChI is InChI=1S/C32H31F3N4O2S/c33-19-13-32(9-2-10-39(32)14-19)17-41-31-36-29-24(30(37-31)38-15-21-5-6-22(16-38)42-21)8-7-23(28(29)35)25-12-20(40)11-18-3-1-4-26(34)27(18)25/h1,3-4,7-8,11-12,19,21-22,40H,2,5-6,9-10,13-17H2/t19-,21?,22?,32+/m1/s1. The number of benzene rings is 3. The molecule has 0 amide bonds. The number of hydrogen-bond acceptors (Lipinski definition) is 7. The summed E-state index contributed by atoms with van der Waals surface area (Å²) in [6.45, 7) is 3.10. The Morgan fingerprint density at radius 3 is 2.69 bits per heavy atom. The summed E-state index contributed by atoms with van der Waals surface area (Å²) < 4.78 is 52.3. The Kier molecular flexibility index (Phi) is 6.23. The second kappa shape index (κ2) is 9.91. The summed E-state index contributed by atoms with van der Waals surface area (Å²) in [6.07, 6.45) is 3.65. The molecule has 1 N–H and O–H groups in total. The Hall–Kier alpha value is -3.24. The Morgan fingerprint density at radius 1 is 1.02 bits per heavy atom. The number of thioether (sulfide) groups is 1. The molecule has 3 aromatic carbocycles. The molecule has 1 aromatic heterocycles. The molecule has 0 spiro atoms. The lowest BCUT2D eigenvalue weighted by Crippen LogP contribution is -2.43. The Morgan fingerprint density at radius 2 is 1.86 bits per heavy atom. The highest BCUT2D eigenvalue weighted by Gasteiger charge is 2.49. The van der Waals surface area contributed by atoms with Crippen molar-refractivity contribution in [1.82, 2.24) is 14.9 Å². The number of rotatable bonds is 5. The molecule has 4 fully saturated rings. The summed E-state index contributed by atoms with van der Waals surface area (Å²) in [5.41, 5.74) is 0.0754. The molecular formula is C32H31F3N4O2S. The SMILES string of the molecule is Oc1cc(-c2ccc3c(N4CC5CCC(C4)S5)nc(OC[C@@]45CCCN4C[C@H](F)C5)nc3c2F)c2c(F)cccc2c1. The third-order valence-electron chi connectivity index (χ3n) is 9.54. The predicted molar refractivity (Wildman–Crippen MR) is 159 cm³/mol. The van der Waals surface area contributed by atoms with Gasteiger partial charge < -0.3 is 14.7 Å². The molecular weight excluding hydrogens is 561 g/mol. The molecule has 0 radical (unpaired) electrons. The number of halogens is 3. The highest BCUT2D eigenvalue weighted by molar-refractivity contribution is 8.00. The van der Waals surface area contributed by atoms with Crippen LogP contribution in [0.15, 0.2) is 42.5 Å². The zero-order valence-electron chi connectivity index (χ0n) is 23.0. The number of aromatic nitrogens is 2. The van der Waals surface area contributed by atoms with Crippen molar-refractivity contribution in [2.24, 2.45) is 0 Å². The predicted octanol–water partition coefficient (Wildman–Crippen LogP) is 6.47. The van der Waals surface area contributed by atoms with E-state index in [-0.39, 0.29) is 40.4 Å². The maximum atomic E-state index is 16.6. The molecule has 5 heterocycles. The van der Waals surface area contributed by atoms with Gasteiger partial charge in [-0.25, -0.2) is 13.2 Å². The molecule has 10 heteroatoms. The average Bonchev–Trinajstić information content (AvgIpc) is 3.61. The number of anilines is 1. The van der Waals surface area contributed by atoms with Gasteiger partial charge in [0.1, 0.15) is 35.7 Å². The van der Waals surface area contributed by atoms with Crippen LogP contribution in [-0.2, 0) is 0 Å². The van der Waals surface area contributed by atoms with Gasteiger partial charge in [-0.2, -0.15) is 21.7 Å². The fraction of sp³-hybridized carbons (Fsp3) is 0.438. The molecule has 4 aliphatic heterocycles. The Balaban J connectivity index is 1.26. The average molecular weight is 593 g/mol. The van der Waals surface area contributed by atoms with Gasteiger partial charge in [-0.1, -0.05) is 18.2 Å². The number of nitrogens with zero attached hydrogens (tertiary/aromatic N) is 4. The zero-order chi connectivity index (χ0) is 28.6. The summed E-state index contributed by atoms with van der Waals surface area (Å²) in [6, 6.07) is 10.9. The van der Waals surface area contributed by atoms with E-state index in [1.165, 1.54) is 18.2 Å². The van der Waals surface area contributed by atoms with Gasteiger partial charge in [0.2, 0.25) is 0 Å². The molecule has 218 valence electrons. The highest BCUT2D eigenvalue weighted by atomic mass is 32.2. The number of phenols is 1. The van der Waals surface area contributed by atoms with Crippen LogP contribution in [0, 0.1) is 11.6 Å². The molecule has 0 saturated carbocycles. The Labute approximate surface area is 245 Å². The minimum absolute atomic E-state index is 0.0644. The second-order valence-electron chi connectivity index (χ2n) is 12.2. The van der Waals surface area contributed by atoms with E-state index in [1.54, 1.807) is 24.3 Å². The summed E-state index contributed by atoms with van der Waals surface area (Å²) >= 11 is 2.01. The van der Waals surface area contributed by atoms with Crippen LogP contribution >= 0.6 is 11.8 Å². The van der Waals surface area contributed by atoms with E-state index in [2.05, 4.69) is 14.8 Å². The molecule has 4 saturated heterocycles. The van der Waals surface area contributed by atoms with E-state index in [0.29, 0.717) is 40.1 Å². The van der Waals surface area contributed by atoms with Gasteiger partial charge in [-0.3, -0.25) is 4.90 Å². The fourth-order valence-electron chi connectivity index (χ4n) is 7.65. The third kappa shape index (κ3) is 4.28. The van der Waals surface area contributed by atoms with Crippen molar-refractivity contribution in [3.05, 3.63) is 54.1 Å². The van der Waals surface area contributed by atoms with Crippen molar-refractivity contribution in [2.75, 3.05) is 37.7 Å². The van der Waals surface area contributed by atoms with Gasteiger partial charge in [0.15, 0.2) is 5.82 Å². The molecule has 2 bridgehead atoms. The van der Waals surface area contributed by atoms with E-state index < -0.39 is 23.3 Å². The largest absolute Gasteiger partial charge is 0.508 e. The van der Waals surface area contributed by atoms with Crippen molar-refractivity contribution < 1.29 is 23.0 Å². The number of fused-ring (bicyclic) bond motifs is 5. The third-order valence-corrected chi connectivity index (χ3v) is 11.1. The lowest BCUT2D eigenvalue weighted by molar-refractivity contribution is 0.107. The van der Waals surface area contributed by atoms with Crippen LogP contribution in [0.5, 0.6) is 11.8 Å². The van der Waals surface area contributed by atoms with Crippen LogP contribution in [0.2, 0.25) is 0 Å². The van der Waals surface area contributed by atoms with E-state index in [4.69, 9.17) is 9.72 Å². The van der Waals surface area contributed by atoms with Crippen molar-refractivity contribution in [1.29, 1.82) is 0 Å². The first kappa shape index (κ1) is 26.4. The van der Waals surface area contributed by atoms with Crippen molar-refractivity contribution in [2.45, 2.75) is 54.3 Å². The van der Waals surface area contributed by atoms with E-state index in [9.17, 15) is 9.50 Å². The topological polar surface area (TPSA) is 61.7 Å². The normalized spacial score (nSPS) is 27.3. The van der Waals surface area contributed by atoms with Gasteiger partial charge in [0, 0.05) is 52.9 Å². The molecule has 6 nitrogen and oxygen atoms in total. The number of hydrogen-bond donors (Lipinski definition) is 1. The first-order valence-electron chi connectivity index (χ1n) is 14.7. The maximum absolute atomic E-state index is 16.6. The Bertz CT molecular complexity index is 1710. The summed E-state index contributed by atoms with van der Waals surface area (Å²) in [5.74, 6) is -0.589. The number of phenolic OH excluding ortho intramolecular Hbond substituents is 1. The fourth-order valence-corrected chi connectivity index (χ4v) is 9.27. The van der Waals surface area contributed by atoms with E-state index >= 15 is 8.78 Å². The van der Waals surface area contributed by atoms with Crippen LogP contribution in [0.4, 0.5) is 19.0 Å². The van der Waals surface area contributed by atoms with E-state index in [1.807, 2.05) is 11.8 Å². The highest BCUT2D eigenvalue weighted by Crippen LogP contribution is 2.44. The first-order chi connectivity index (χ1) is 20.4. The van der Waals surface area contributed by atoms with Gasteiger partial charge in [-0.15, -0.1) is 0 Å². The van der Waals surface area contributed by atoms with Crippen LogP contribution in [0.3, 0.4) is 0 Å². The van der Waals surface area contributed by atoms with Crippen LogP contribution in [-0.4, -0.2) is 75.0 Å². The second-order valence-corrected chi connectivity index (χ2v) is 13.8. The minimum atomic E-state index is -0.888. The number of alkyl halides is 1. The van der Waals surface area contributed by atoms with Crippen molar-refractivity contribution >= 4 is 39.3 Å². The van der Waals surface area contributed by atoms with Crippen molar-refractivity contribution in [3.63, 3.8) is 0 Å². The van der Waals surface area contributed by atoms with Crippen LogP contribution < -0.4 is 9.64 Å². The zero-order valence-corrected chi connectivity index (χ0v) is 23.8. The van der Waals surface area contributed by atoms with Gasteiger partial charge in [0.05, 0.1) is 5.54 Å². The molecule has 2 unspecified atom stereocenters. The quantitative estimate of drug-likeness (QED) is 0.285. The lowest BCUT2D eigenvalue weighted by Gasteiger charge is -2.33. The monoisotopic (exact) mass is 592 g/mol. The van der Waals surface area contributed by atoms with Gasteiger partial charge in [-0.05, 0) is 67.4 Å². The summed E-state index contributed by atoms with van der Waals surface area (Å²) in [5, 5.41) is 12.7. The molecule has 4 aliphatic rings. The molecule has 42 heavy (non-hydrogen) atoms. The van der Waals surface area contributed by atoms with Crippen molar-refractivity contribution in [3.8, 4) is 22.9 Å². The minimum Gasteiger partial charge on any atom is -0.508 e. The van der Waals surface area contributed by atoms with Gasteiger partial charge in [0.25, 0.3) is 0 Å². The maximum Gasteiger partial charge on any atom is 0.319 e.